The number of hydrogen-bond donors (Lipinski definition) is 1. The zero-order chi connectivity index (χ0) is 13.2. The van der Waals surface area contributed by atoms with E-state index in [9.17, 15) is 4.79 Å². The van der Waals surface area contributed by atoms with Crippen molar-refractivity contribution in [3.8, 4) is 0 Å². The van der Waals surface area contributed by atoms with Crippen molar-refractivity contribution >= 4 is 11.6 Å². The number of nitrogens with zero attached hydrogens (tertiary/aromatic N) is 1. The minimum atomic E-state index is -0.00437. The van der Waals surface area contributed by atoms with Gasteiger partial charge in [-0.1, -0.05) is 44.4 Å². The highest BCUT2D eigenvalue weighted by Crippen LogP contribution is 2.15. The molecule has 0 aliphatic carbocycles. The first-order valence-corrected chi connectivity index (χ1v) is 6.76. The van der Waals surface area contributed by atoms with Crippen molar-refractivity contribution in [3.05, 3.63) is 30.3 Å². The molecular weight excluding hydrogens is 226 g/mol. The van der Waals surface area contributed by atoms with Gasteiger partial charge in [0, 0.05) is 18.7 Å². The Morgan fingerprint density at radius 1 is 1.17 bits per heavy atom. The second-order valence-corrected chi connectivity index (χ2v) is 4.42. The van der Waals surface area contributed by atoms with Crippen molar-refractivity contribution in [3.63, 3.8) is 0 Å². The molecule has 3 nitrogen and oxygen atoms in total. The summed E-state index contributed by atoms with van der Waals surface area (Å²) in [6.45, 7) is 2.52. The van der Waals surface area contributed by atoms with Crippen LogP contribution in [0.1, 0.15) is 39.0 Å². The van der Waals surface area contributed by atoms with E-state index in [2.05, 4.69) is 6.92 Å². The maximum absolute atomic E-state index is 12.1. The molecule has 0 atom stereocenters. The van der Waals surface area contributed by atoms with Crippen LogP contribution < -0.4 is 4.90 Å². The predicted molar refractivity (Wildman–Crippen MR) is 74.6 cm³/mol. The first-order chi connectivity index (χ1) is 8.79. The highest BCUT2D eigenvalue weighted by Gasteiger charge is 2.14. The molecule has 1 rings (SSSR count). The van der Waals surface area contributed by atoms with Crippen LogP contribution in [0.5, 0.6) is 0 Å². The van der Waals surface area contributed by atoms with E-state index in [1.54, 1.807) is 4.90 Å². The van der Waals surface area contributed by atoms with Gasteiger partial charge in [-0.2, -0.15) is 0 Å². The van der Waals surface area contributed by atoms with Crippen molar-refractivity contribution in [2.75, 3.05) is 18.1 Å². The molecule has 18 heavy (non-hydrogen) atoms. The van der Waals surface area contributed by atoms with E-state index in [0.29, 0.717) is 13.0 Å². The molecule has 0 saturated heterocycles. The lowest BCUT2D eigenvalue weighted by Gasteiger charge is -2.21. The van der Waals surface area contributed by atoms with Crippen molar-refractivity contribution < 1.29 is 9.90 Å². The molecule has 0 unspecified atom stereocenters. The first kappa shape index (κ1) is 14.7. The molecule has 100 valence electrons. The molecule has 0 fully saturated rings. The number of carbonyl (C=O) groups is 1. The lowest BCUT2D eigenvalue weighted by atomic mass is 10.1. The third-order valence-electron chi connectivity index (χ3n) is 2.94. The molecule has 0 bridgehead atoms. The van der Waals surface area contributed by atoms with Crippen LogP contribution in [-0.2, 0) is 4.79 Å². The normalized spacial score (nSPS) is 10.3. The third kappa shape index (κ3) is 4.88. The summed E-state index contributed by atoms with van der Waals surface area (Å²) >= 11 is 0. The second-order valence-electron chi connectivity index (χ2n) is 4.42. The Morgan fingerprint density at radius 3 is 2.50 bits per heavy atom. The molecule has 1 N–H and O–H groups in total. The fraction of sp³-hybridized carbons (Fsp3) is 0.533. The molecule has 3 heteroatoms. The quantitative estimate of drug-likeness (QED) is 0.719. The molecule has 0 aromatic heterocycles. The number of benzene rings is 1. The second kappa shape index (κ2) is 8.70. The van der Waals surface area contributed by atoms with Crippen molar-refractivity contribution in [1.29, 1.82) is 0 Å². The minimum absolute atomic E-state index is 0.00437. The van der Waals surface area contributed by atoms with Crippen LogP contribution in [0.2, 0.25) is 0 Å². The van der Waals surface area contributed by atoms with E-state index in [-0.39, 0.29) is 12.5 Å². The number of aliphatic hydroxyl groups is 1. The maximum atomic E-state index is 12.1. The van der Waals surface area contributed by atoms with E-state index in [0.717, 1.165) is 18.5 Å². The Balaban J connectivity index is 2.53. The third-order valence-corrected chi connectivity index (χ3v) is 2.94. The summed E-state index contributed by atoms with van der Waals surface area (Å²) in [5, 5.41) is 9.06. The molecule has 1 amide bonds. The Labute approximate surface area is 109 Å². The Kier molecular flexibility index (Phi) is 7.11. The minimum Gasteiger partial charge on any atom is -0.395 e. The smallest absolute Gasteiger partial charge is 0.227 e. The van der Waals surface area contributed by atoms with Gasteiger partial charge in [-0.15, -0.1) is 0 Å². The first-order valence-electron chi connectivity index (χ1n) is 6.76. The van der Waals surface area contributed by atoms with Crippen LogP contribution in [-0.4, -0.2) is 24.2 Å². The maximum Gasteiger partial charge on any atom is 0.227 e. The average molecular weight is 249 g/mol. The van der Waals surface area contributed by atoms with Crippen molar-refractivity contribution in [2.24, 2.45) is 0 Å². The van der Waals surface area contributed by atoms with Crippen molar-refractivity contribution in [1.82, 2.24) is 0 Å². The molecule has 0 heterocycles. The SMILES string of the molecule is CCCCCCC(=O)N(CCO)c1ccccc1. The summed E-state index contributed by atoms with van der Waals surface area (Å²) in [5.41, 5.74) is 0.868. The fourth-order valence-corrected chi connectivity index (χ4v) is 1.94. The fourth-order valence-electron chi connectivity index (χ4n) is 1.94. The van der Waals surface area contributed by atoms with Gasteiger partial charge in [-0.3, -0.25) is 4.79 Å². The number of aliphatic hydroxyl groups excluding tert-OH is 1. The molecular formula is C15H23NO2. The highest BCUT2D eigenvalue weighted by molar-refractivity contribution is 5.93. The number of hydrogen-bond acceptors (Lipinski definition) is 2. The van der Waals surface area contributed by atoms with Crippen LogP contribution in [0.15, 0.2) is 30.3 Å². The summed E-state index contributed by atoms with van der Waals surface area (Å²) in [6, 6.07) is 9.54. The van der Waals surface area contributed by atoms with E-state index >= 15 is 0 Å². The lowest BCUT2D eigenvalue weighted by Crippen LogP contribution is -2.33. The van der Waals surface area contributed by atoms with E-state index < -0.39 is 0 Å². The number of carbonyl (C=O) groups excluding carboxylic acids is 1. The molecule has 0 aliphatic heterocycles. The van der Waals surface area contributed by atoms with Gasteiger partial charge in [0.05, 0.1) is 6.61 Å². The monoisotopic (exact) mass is 249 g/mol. The Bertz CT molecular complexity index is 338. The predicted octanol–water partition coefficient (Wildman–Crippen LogP) is 2.98. The van der Waals surface area contributed by atoms with Crippen molar-refractivity contribution in [2.45, 2.75) is 39.0 Å². The molecule has 0 radical (unpaired) electrons. The van der Waals surface area contributed by atoms with Crippen LogP contribution in [0.3, 0.4) is 0 Å². The van der Waals surface area contributed by atoms with Gasteiger partial charge in [0.25, 0.3) is 0 Å². The largest absolute Gasteiger partial charge is 0.395 e. The van der Waals surface area contributed by atoms with Gasteiger partial charge >= 0.3 is 0 Å². The molecule has 0 saturated carbocycles. The molecule has 1 aromatic carbocycles. The zero-order valence-corrected chi connectivity index (χ0v) is 11.1. The number of unbranched alkanes of at least 4 members (excludes halogenated alkanes) is 3. The number of rotatable bonds is 8. The lowest BCUT2D eigenvalue weighted by molar-refractivity contribution is -0.118. The standard InChI is InChI=1S/C15H23NO2/c1-2-3-4-8-11-15(18)16(12-13-17)14-9-6-5-7-10-14/h5-7,9-10,17H,2-4,8,11-13H2,1H3. The summed E-state index contributed by atoms with van der Waals surface area (Å²) in [6.07, 6.45) is 4.95. The number of anilines is 1. The zero-order valence-electron chi connectivity index (χ0n) is 11.1. The van der Waals surface area contributed by atoms with Crippen LogP contribution in [0, 0.1) is 0 Å². The van der Waals surface area contributed by atoms with Crippen LogP contribution >= 0.6 is 0 Å². The number of para-hydroxylation sites is 1. The summed E-state index contributed by atoms with van der Waals surface area (Å²) in [4.78, 5) is 13.8. The van der Waals surface area contributed by atoms with Gasteiger partial charge in [-0.25, -0.2) is 0 Å². The molecule has 0 aliphatic rings. The highest BCUT2D eigenvalue weighted by atomic mass is 16.3. The van der Waals surface area contributed by atoms with Gasteiger partial charge in [-0.05, 0) is 18.6 Å². The van der Waals surface area contributed by atoms with E-state index in [4.69, 9.17) is 5.11 Å². The van der Waals surface area contributed by atoms with Crippen LogP contribution in [0.25, 0.3) is 0 Å². The Morgan fingerprint density at radius 2 is 1.89 bits per heavy atom. The summed E-state index contributed by atoms with van der Waals surface area (Å²) < 4.78 is 0. The molecule has 0 spiro atoms. The van der Waals surface area contributed by atoms with Crippen LogP contribution in [0.4, 0.5) is 5.69 Å². The molecule has 1 aromatic rings. The summed E-state index contributed by atoms with van der Waals surface area (Å²) in [5.74, 6) is 0.103. The van der Waals surface area contributed by atoms with Gasteiger partial charge in [0.1, 0.15) is 0 Å². The average Bonchev–Trinajstić information content (AvgIpc) is 2.41. The van der Waals surface area contributed by atoms with E-state index in [1.807, 2.05) is 30.3 Å². The van der Waals surface area contributed by atoms with E-state index in [1.165, 1.54) is 12.8 Å². The Hall–Kier alpha value is -1.35. The van der Waals surface area contributed by atoms with Gasteiger partial charge in [0.15, 0.2) is 0 Å². The van der Waals surface area contributed by atoms with Gasteiger partial charge < -0.3 is 10.0 Å². The topological polar surface area (TPSA) is 40.5 Å². The summed E-state index contributed by atoms with van der Waals surface area (Å²) in [7, 11) is 0. The van der Waals surface area contributed by atoms with Gasteiger partial charge in [0.2, 0.25) is 5.91 Å². The number of amides is 1.